The zero-order valence-corrected chi connectivity index (χ0v) is 10.3. The topological polar surface area (TPSA) is 46.4 Å². The van der Waals surface area contributed by atoms with Gasteiger partial charge in [0.25, 0.3) is 0 Å². The van der Waals surface area contributed by atoms with E-state index in [1.165, 1.54) is 5.56 Å². The fraction of sp³-hybridized carbons (Fsp3) is 0.286. The molecule has 1 aromatic heterocycles. The highest BCUT2D eigenvalue weighted by atomic mass is 16.5. The second kappa shape index (κ2) is 4.64. The van der Waals surface area contributed by atoms with E-state index in [2.05, 4.69) is 22.8 Å². The molecule has 0 saturated heterocycles. The molecule has 0 fully saturated rings. The lowest BCUT2D eigenvalue weighted by Gasteiger charge is -2.25. The monoisotopic (exact) mass is 244 g/mol. The molecule has 2 N–H and O–H groups in total. The number of benzene rings is 1. The summed E-state index contributed by atoms with van der Waals surface area (Å²) in [5.74, 6) is 0.894. The van der Waals surface area contributed by atoms with E-state index < -0.39 is 0 Å². The molecule has 2 aromatic rings. The molecule has 4 heteroatoms. The average molecular weight is 244 g/mol. The molecular formula is C14H16N2O2. The van der Waals surface area contributed by atoms with Crippen molar-refractivity contribution in [3.05, 3.63) is 42.4 Å². The fourth-order valence-electron chi connectivity index (χ4n) is 2.22. The molecule has 18 heavy (non-hydrogen) atoms. The van der Waals surface area contributed by atoms with Crippen molar-refractivity contribution in [3.8, 4) is 5.75 Å². The van der Waals surface area contributed by atoms with E-state index in [1.54, 1.807) is 19.6 Å². The largest absolute Gasteiger partial charge is 0.497 e. The fourth-order valence-corrected chi connectivity index (χ4v) is 2.22. The maximum absolute atomic E-state index is 5.15. The molecule has 94 valence electrons. The van der Waals surface area contributed by atoms with E-state index in [0.29, 0.717) is 6.04 Å². The minimum atomic E-state index is 0.378. The van der Waals surface area contributed by atoms with Gasteiger partial charge in [-0.05, 0) is 24.1 Å². The smallest absolute Gasteiger partial charge is 0.118 e. The molecule has 1 atom stereocenters. The summed E-state index contributed by atoms with van der Waals surface area (Å²) in [4.78, 5) is 0. The van der Waals surface area contributed by atoms with Crippen molar-refractivity contribution < 1.29 is 9.15 Å². The summed E-state index contributed by atoms with van der Waals surface area (Å²) in [5, 5.41) is 6.82. The minimum absolute atomic E-state index is 0.378. The van der Waals surface area contributed by atoms with Crippen LogP contribution in [0.1, 0.15) is 5.56 Å². The van der Waals surface area contributed by atoms with Gasteiger partial charge in [0.15, 0.2) is 0 Å². The zero-order chi connectivity index (χ0) is 12.4. The molecule has 2 heterocycles. The number of anilines is 2. The van der Waals surface area contributed by atoms with Crippen molar-refractivity contribution >= 4 is 11.4 Å². The molecule has 4 nitrogen and oxygen atoms in total. The van der Waals surface area contributed by atoms with E-state index in [0.717, 1.165) is 30.1 Å². The van der Waals surface area contributed by atoms with Crippen LogP contribution in [0.15, 0.2) is 41.2 Å². The van der Waals surface area contributed by atoms with Crippen molar-refractivity contribution in [2.75, 3.05) is 24.3 Å². The van der Waals surface area contributed by atoms with Gasteiger partial charge in [-0.2, -0.15) is 0 Å². The quantitative estimate of drug-likeness (QED) is 0.871. The van der Waals surface area contributed by atoms with Crippen LogP contribution in [0.5, 0.6) is 5.75 Å². The Morgan fingerprint density at radius 1 is 1.22 bits per heavy atom. The van der Waals surface area contributed by atoms with Gasteiger partial charge in [0.2, 0.25) is 0 Å². The lowest BCUT2D eigenvalue weighted by atomic mass is 10.0. The highest BCUT2D eigenvalue weighted by Crippen LogP contribution is 2.27. The number of nitrogens with one attached hydrogen (secondary N) is 2. The van der Waals surface area contributed by atoms with E-state index >= 15 is 0 Å². The van der Waals surface area contributed by atoms with Gasteiger partial charge in [0.1, 0.15) is 18.3 Å². The Morgan fingerprint density at radius 2 is 2.00 bits per heavy atom. The number of furan rings is 1. The van der Waals surface area contributed by atoms with E-state index in [4.69, 9.17) is 9.15 Å². The highest BCUT2D eigenvalue weighted by Gasteiger charge is 2.18. The van der Waals surface area contributed by atoms with Crippen LogP contribution in [0.25, 0.3) is 0 Å². The predicted octanol–water partition coefficient (Wildman–Crippen LogP) is 2.74. The summed E-state index contributed by atoms with van der Waals surface area (Å²) in [6.07, 6.45) is 4.44. The maximum Gasteiger partial charge on any atom is 0.118 e. The Labute approximate surface area is 106 Å². The van der Waals surface area contributed by atoms with E-state index in [9.17, 15) is 0 Å². The summed E-state index contributed by atoms with van der Waals surface area (Å²) in [6.45, 7) is 0.901. The molecule has 0 aliphatic carbocycles. The molecule has 3 rings (SSSR count). The molecule has 1 aromatic carbocycles. The van der Waals surface area contributed by atoms with Crippen LogP contribution in [-0.4, -0.2) is 19.7 Å². The van der Waals surface area contributed by atoms with Crippen LogP contribution in [0, 0.1) is 0 Å². The van der Waals surface area contributed by atoms with Gasteiger partial charge >= 0.3 is 0 Å². The Bertz CT molecular complexity index is 519. The van der Waals surface area contributed by atoms with Gasteiger partial charge in [-0.1, -0.05) is 12.1 Å². The van der Waals surface area contributed by atoms with Gasteiger partial charge in [-0.15, -0.1) is 0 Å². The summed E-state index contributed by atoms with van der Waals surface area (Å²) in [7, 11) is 1.68. The zero-order valence-electron chi connectivity index (χ0n) is 10.3. The minimum Gasteiger partial charge on any atom is -0.497 e. The Kier molecular flexibility index (Phi) is 2.84. The summed E-state index contributed by atoms with van der Waals surface area (Å²) in [6, 6.07) is 8.57. The van der Waals surface area contributed by atoms with Crippen LogP contribution < -0.4 is 15.4 Å². The van der Waals surface area contributed by atoms with Gasteiger partial charge in [0.05, 0.1) is 18.5 Å². The SMILES string of the molecule is COc1ccc(CC2CNc3cocc3N2)cc1. The lowest BCUT2D eigenvalue weighted by Crippen LogP contribution is -2.34. The first-order valence-corrected chi connectivity index (χ1v) is 6.04. The first-order valence-electron chi connectivity index (χ1n) is 6.04. The second-order valence-corrected chi connectivity index (χ2v) is 4.47. The third-order valence-electron chi connectivity index (χ3n) is 3.20. The predicted molar refractivity (Wildman–Crippen MR) is 71.3 cm³/mol. The third kappa shape index (κ3) is 2.14. The van der Waals surface area contributed by atoms with Gasteiger partial charge < -0.3 is 19.8 Å². The first kappa shape index (κ1) is 11.0. The van der Waals surface area contributed by atoms with Crippen LogP contribution in [0.4, 0.5) is 11.4 Å². The standard InChI is InChI=1S/C14H16N2O2/c1-17-12-4-2-10(3-5-12)6-11-7-15-13-8-18-9-14(13)16-11/h2-5,8-9,11,15-16H,6-7H2,1H3. The summed E-state index contributed by atoms with van der Waals surface area (Å²) >= 11 is 0. The van der Waals surface area contributed by atoms with Gasteiger partial charge in [-0.3, -0.25) is 0 Å². The number of rotatable bonds is 3. The number of ether oxygens (including phenoxy) is 1. The second-order valence-electron chi connectivity index (χ2n) is 4.47. The van der Waals surface area contributed by atoms with Crippen molar-refractivity contribution in [1.29, 1.82) is 0 Å². The third-order valence-corrected chi connectivity index (χ3v) is 3.20. The number of fused-ring (bicyclic) bond motifs is 1. The first-order chi connectivity index (χ1) is 8.85. The Balaban J connectivity index is 1.67. The number of methoxy groups -OCH3 is 1. The van der Waals surface area contributed by atoms with Crippen molar-refractivity contribution in [3.63, 3.8) is 0 Å². The number of hydrogen-bond acceptors (Lipinski definition) is 4. The van der Waals surface area contributed by atoms with E-state index in [-0.39, 0.29) is 0 Å². The number of hydrogen-bond donors (Lipinski definition) is 2. The summed E-state index contributed by atoms with van der Waals surface area (Å²) in [5.41, 5.74) is 3.38. The molecule has 0 radical (unpaired) electrons. The average Bonchev–Trinajstić information content (AvgIpc) is 2.87. The van der Waals surface area contributed by atoms with Crippen LogP contribution in [-0.2, 0) is 6.42 Å². The molecule has 1 aliphatic rings. The normalized spacial score (nSPS) is 17.5. The van der Waals surface area contributed by atoms with Crippen LogP contribution in [0.3, 0.4) is 0 Å². The Morgan fingerprint density at radius 3 is 2.78 bits per heavy atom. The van der Waals surface area contributed by atoms with Gasteiger partial charge in [-0.25, -0.2) is 0 Å². The van der Waals surface area contributed by atoms with Crippen LogP contribution in [0.2, 0.25) is 0 Å². The molecule has 1 unspecified atom stereocenters. The summed E-state index contributed by atoms with van der Waals surface area (Å²) < 4.78 is 10.3. The van der Waals surface area contributed by atoms with Crippen molar-refractivity contribution in [1.82, 2.24) is 0 Å². The molecule has 1 aliphatic heterocycles. The van der Waals surface area contributed by atoms with Crippen LogP contribution >= 0.6 is 0 Å². The Hall–Kier alpha value is -2.10. The maximum atomic E-state index is 5.15. The molecule has 0 amide bonds. The molecule has 0 spiro atoms. The van der Waals surface area contributed by atoms with E-state index in [1.807, 2.05) is 12.1 Å². The van der Waals surface area contributed by atoms with Gasteiger partial charge in [0, 0.05) is 12.6 Å². The van der Waals surface area contributed by atoms with Crippen molar-refractivity contribution in [2.45, 2.75) is 12.5 Å². The molecule has 0 saturated carbocycles. The lowest BCUT2D eigenvalue weighted by molar-refractivity contribution is 0.414. The van der Waals surface area contributed by atoms with Crippen molar-refractivity contribution in [2.24, 2.45) is 0 Å². The highest BCUT2D eigenvalue weighted by molar-refractivity contribution is 5.69. The molecule has 0 bridgehead atoms. The molecular weight excluding hydrogens is 228 g/mol.